The van der Waals surface area contributed by atoms with Crippen molar-refractivity contribution in [3.05, 3.63) is 54.1 Å². The number of carboxylic acid groups (broad SMARTS) is 1. The Hall–Kier alpha value is -1.87. The Morgan fingerprint density at radius 1 is 1.23 bits per heavy atom. The molecule has 1 atom stereocenters. The van der Waals surface area contributed by atoms with Gasteiger partial charge < -0.3 is 9.84 Å². The number of benzene rings is 1. The SMILES string of the molecule is CCCCCCOC1(C(=O)O)C=CC(c2ccccc2)=CC1. The van der Waals surface area contributed by atoms with E-state index in [0.717, 1.165) is 36.8 Å². The molecule has 2 rings (SSSR count). The van der Waals surface area contributed by atoms with E-state index in [4.69, 9.17) is 4.74 Å². The molecule has 1 N–H and O–H groups in total. The van der Waals surface area contributed by atoms with Gasteiger partial charge in [0.25, 0.3) is 0 Å². The van der Waals surface area contributed by atoms with Crippen molar-refractivity contribution in [3.63, 3.8) is 0 Å². The van der Waals surface area contributed by atoms with Crippen LogP contribution in [0, 0.1) is 0 Å². The van der Waals surface area contributed by atoms with E-state index in [2.05, 4.69) is 6.92 Å². The third-order valence-electron chi connectivity index (χ3n) is 3.98. The summed E-state index contributed by atoms with van der Waals surface area (Å²) in [5, 5.41) is 9.54. The van der Waals surface area contributed by atoms with Gasteiger partial charge in [0.05, 0.1) is 0 Å². The number of hydrogen-bond acceptors (Lipinski definition) is 2. The molecule has 1 unspecified atom stereocenters. The zero-order chi connectivity index (χ0) is 15.8. The van der Waals surface area contributed by atoms with Gasteiger partial charge in [0.15, 0.2) is 5.60 Å². The van der Waals surface area contributed by atoms with Gasteiger partial charge in [0, 0.05) is 13.0 Å². The Balaban J connectivity index is 1.99. The maximum Gasteiger partial charge on any atom is 0.340 e. The Kier molecular flexibility index (Phi) is 5.96. The van der Waals surface area contributed by atoms with Crippen LogP contribution in [0.15, 0.2) is 48.6 Å². The van der Waals surface area contributed by atoms with E-state index in [1.54, 1.807) is 6.08 Å². The summed E-state index contributed by atoms with van der Waals surface area (Å²) in [7, 11) is 0. The molecule has 0 aliphatic heterocycles. The molecule has 1 aliphatic rings. The van der Waals surface area contributed by atoms with E-state index in [1.807, 2.05) is 42.5 Å². The zero-order valence-electron chi connectivity index (χ0n) is 13.1. The summed E-state index contributed by atoms with van der Waals surface area (Å²) in [5.41, 5.74) is 0.942. The standard InChI is InChI=1S/C19H24O3/c1-2-3-4-8-15-22-19(18(20)21)13-11-17(12-14-19)16-9-6-5-7-10-16/h5-7,9-13H,2-4,8,14-15H2,1H3,(H,20,21). The highest BCUT2D eigenvalue weighted by Crippen LogP contribution is 2.30. The molecule has 0 radical (unpaired) electrons. The van der Waals surface area contributed by atoms with Crippen LogP contribution in [0.2, 0.25) is 0 Å². The third kappa shape index (κ3) is 4.08. The number of allylic oxidation sites excluding steroid dienone is 2. The summed E-state index contributed by atoms with van der Waals surface area (Å²) < 4.78 is 5.73. The molecule has 22 heavy (non-hydrogen) atoms. The molecule has 0 amide bonds. The van der Waals surface area contributed by atoms with Gasteiger partial charge >= 0.3 is 5.97 Å². The molecule has 1 aromatic carbocycles. The van der Waals surface area contributed by atoms with Crippen LogP contribution in [0.5, 0.6) is 0 Å². The summed E-state index contributed by atoms with van der Waals surface area (Å²) in [4.78, 5) is 11.6. The van der Waals surface area contributed by atoms with E-state index < -0.39 is 11.6 Å². The topological polar surface area (TPSA) is 46.5 Å². The summed E-state index contributed by atoms with van der Waals surface area (Å²) in [5.74, 6) is -0.914. The van der Waals surface area contributed by atoms with E-state index in [9.17, 15) is 9.90 Å². The summed E-state index contributed by atoms with van der Waals surface area (Å²) in [6.07, 6.45) is 10.2. The predicted octanol–water partition coefficient (Wildman–Crippen LogP) is 4.45. The molecule has 3 heteroatoms. The Bertz CT molecular complexity index is 545. The lowest BCUT2D eigenvalue weighted by Crippen LogP contribution is -2.40. The molecule has 0 aromatic heterocycles. The monoisotopic (exact) mass is 300 g/mol. The number of carboxylic acids is 1. The van der Waals surface area contributed by atoms with E-state index >= 15 is 0 Å². The molecule has 3 nitrogen and oxygen atoms in total. The number of ether oxygens (including phenoxy) is 1. The summed E-state index contributed by atoms with van der Waals surface area (Å²) in [6.45, 7) is 2.64. The van der Waals surface area contributed by atoms with Crippen molar-refractivity contribution in [2.24, 2.45) is 0 Å². The van der Waals surface area contributed by atoms with Gasteiger partial charge in [-0.3, -0.25) is 0 Å². The zero-order valence-corrected chi connectivity index (χ0v) is 13.1. The van der Waals surface area contributed by atoms with Crippen molar-refractivity contribution in [1.29, 1.82) is 0 Å². The van der Waals surface area contributed by atoms with Crippen LogP contribution < -0.4 is 0 Å². The van der Waals surface area contributed by atoms with Crippen LogP contribution in [-0.2, 0) is 9.53 Å². The van der Waals surface area contributed by atoms with Gasteiger partial charge in [-0.2, -0.15) is 0 Å². The van der Waals surface area contributed by atoms with Gasteiger partial charge in [-0.15, -0.1) is 0 Å². The molecule has 0 saturated heterocycles. The number of hydrogen-bond donors (Lipinski definition) is 1. The fraction of sp³-hybridized carbons (Fsp3) is 0.421. The average Bonchev–Trinajstić information content (AvgIpc) is 2.56. The van der Waals surface area contributed by atoms with E-state index in [-0.39, 0.29) is 0 Å². The summed E-state index contributed by atoms with van der Waals surface area (Å²) in [6, 6.07) is 9.98. The Morgan fingerprint density at radius 2 is 2.00 bits per heavy atom. The lowest BCUT2D eigenvalue weighted by Gasteiger charge is -2.28. The Morgan fingerprint density at radius 3 is 2.59 bits per heavy atom. The van der Waals surface area contributed by atoms with Gasteiger partial charge in [0.1, 0.15) is 0 Å². The molecule has 0 saturated carbocycles. The van der Waals surface area contributed by atoms with Gasteiger partial charge in [-0.25, -0.2) is 4.79 Å². The smallest absolute Gasteiger partial charge is 0.340 e. The molecule has 1 aromatic rings. The lowest BCUT2D eigenvalue weighted by molar-refractivity contribution is -0.159. The second-order valence-corrected chi connectivity index (χ2v) is 5.67. The predicted molar refractivity (Wildman–Crippen MR) is 88.6 cm³/mol. The lowest BCUT2D eigenvalue weighted by atomic mass is 9.89. The average molecular weight is 300 g/mol. The largest absolute Gasteiger partial charge is 0.479 e. The normalized spacial score (nSPS) is 20.7. The number of unbranched alkanes of at least 4 members (excludes halogenated alkanes) is 3. The molecule has 118 valence electrons. The minimum atomic E-state index is -1.20. The van der Waals surface area contributed by atoms with Gasteiger partial charge in [-0.05, 0) is 23.6 Å². The third-order valence-corrected chi connectivity index (χ3v) is 3.98. The second-order valence-electron chi connectivity index (χ2n) is 5.67. The second kappa shape index (κ2) is 7.95. The highest BCUT2D eigenvalue weighted by Gasteiger charge is 2.37. The number of rotatable bonds is 8. The van der Waals surface area contributed by atoms with Crippen molar-refractivity contribution < 1.29 is 14.6 Å². The molecule has 0 fully saturated rings. The molecular weight excluding hydrogens is 276 g/mol. The van der Waals surface area contributed by atoms with Crippen molar-refractivity contribution in [3.8, 4) is 0 Å². The highest BCUT2D eigenvalue weighted by molar-refractivity contribution is 5.85. The van der Waals surface area contributed by atoms with Crippen molar-refractivity contribution in [2.75, 3.05) is 6.61 Å². The fourth-order valence-electron chi connectivity index (χ4n) is 2.58. The van der Waals surface area contributed by atoms with Crippen LogP contribution in [0.3, 0.4) is 0 Å². The molecular formula is C19H24O3. The first kappa shape index (κ1) is 16.5. The van der Waals surface area contributed by atoms with Crippen molar-refractivity contribution in [1.82, 2.24) is 0 Å². The Labute approximate surface area is 132 Å². The number of carbonyl (C=O) groups is 1. The van der Waals surface area contributed by atoms with Crippen LogP contribution in [0.1, 0.15) is 44.6 Å². The minimum Gasteiger partial charge on any atom is -0.479 e. The van der Waals surface area contributed by atoms with Crippen molar-refractivity contribution in [2.45, 2.75) is 44.6 Å². The minimum absolute atomic E-state index is 0.372. The van der Waals surface area contributed by atoms with E-state index in [1.165, 1.54) is 0 Å². The van der Waals surface area contributed by atoms with Crippen LogP contribution in [0.4, 0.5) is 0 Å². The first-order valence-electron chi connectivity index (χ1n) is 8.00. The maximum atomic E-state index is 11.6. The molecule has 0 spiro atoms. The van der Waals surface area contributed by atoms with Crippen LogP contribution in [-0.4, -0.2) is 23.3 Å². The maximum absolute atomic E-state index is 11.6. The molecule has 0 heterocycles. The molecule has 0 bridgehead atoms. The van der Waals surface area contributed by atoms with Gasteiger partial charge in [0.2, 0.25) is 0 Å². The number of aliphatic carboxylic acids is 1. The van der Waals surface area contributed by atoms with Gasteiger partial charge in [-0.1, -0.05) is 68.7 Å². The van der Waals surface area contributed by atoms with Crippen LogP contribution >= 0.6 is 0 Å². The quantitative estimate of drug-likeness (QED) is 0.721. The first-order chi connectivity index (χ1) is 10.7. The van der Waals surface area contributed by atoms with Crippen LogP contribution in [0.25, 0.3) is 5.57 Å². The highest BCUT2D eigenvalue weighted by atomic mass is 16.5. The van der Waals surface area contributed by atoms with Crippen molar-refractivity contribution >= 4 is 11.5 Å². The van der Waals surface area contributed by atoms with E-state index in [0.29, 0.717) is 13.0 Å². The fourth-order valence-corrected chi connectivity index (χ4v) is 2.58. The summed E-state index contributed by atoms with van der Waals surface area (Å²) >= 11 is 0. The molecule has 1 aliphatic carbocycles. The first-order valence-corrected chi connectivity index (χ1v) is 8.00.